The molecule has 1 unspecified atom stereocenters. The van der Waals surface area contributed by atoms with Gasteiger partial charge in [-0.05, 0) is 31.4 Å². The van der Waals surface area contributed by atoms with Gasteiger partial charge in [0.1, 0.15) is 6.10 Å². The molecule has 1 N–H and O–H groups in total. The lowest BCUT2D eigenvalue weighted by atomic mass is 10.0. The highest BCUT2D eigenvalue weighted by Crippen LogP contribution is 2.24. The predicted molar refractivity (Wildman–Crippen MR) is 103 cm³/mol. The molecule has 124 valence electrons. The molecule has 0 saturated carbocycles. The van der Waals surface area contributed by atoms with E-state index in [-0.39, 0.29) is 30.1 Å². The van der Waals surface area contributed by atoms with Crippen molar-refractivity contribution < 1.29 is 4.74 Å². The van der Waals surface area contributed by atoms with Crippen LogP contribution >= 0.6 is 24.0 Å². The zero-order chi connectivity index (χ0) is 15.1. The highest BCUT2D eigenvalue weighted by Gasteiger charge is 2.24. The number of rotatable bonds is 4. The van der Waals surface area contributed by atoms with Crippen LogP contribution in [0.4, 0.5) is 0 Å². The van der Waals surface area contributed by atoms with Gasteiger partial charge in [-0.3, -0.25) is 4.99 Å². The third-order valence-corrected chi connectivity index (χ3v) is 3.72. The summed E-state index contributed by atoms with van der Waals surface area (Å²) in [6.07, 6.45) is 1.20. The SMILES string of the molecule is CCCN=C(NCC)N1CCOC(c2ccccc2C)C1.I. The number of hydrogen-bond donors (Lipinski definition) is 1. The Morgan fingerprint density at radius 2 is 2.14 bits per heavy atom. The summed E-state index contributed by atoms with van der Waals surface area (Å²) in [7, 11) is 0. The van der Waals surface area contributed by atoms with Gasteiger partial charge in [0.15, 0.2) is 5.96 Å². The molecule has 0 bridgehead atoms. The van der Waals surface area contributed by atoms with Crippen molar-refractivity contribution in [1.82, 2.24) is 10.2 Å². The summed E-state index contributed by atoms with van der Waals surface area (Å²) < 4.78 is 5.98. The van der Waals surface area contributed by atoms with Crippen molar-refractivity contribution in [2.24, 2.45) is 4.99 Å². The number of halogens is 1. The number of benzene rings is 1. The fourth-order valence-electron chi connectivity index (χ4n) is 2.62. The molecule has 1 atom stereocenters. The van der Waals surface area contributed by atoms with Gasteiger partial charge in [-0.2, -0.15) is 0 Å². The van der Waals surface area contributed by atoms with Crippen LogP contribution in [0.5, 0.6) is 0 Å². The van der Waals surface area contributed by atoms with E-state index in [1.165, 1.54) is 11.1 Å². The van der Waals surface area contributed by atoms with E-state index in [1.54, 1.807) is 0 Å². The maximum atomic E-state index is 5.98. The van der Waals surface area contributed by atoms with E-state index in [2.05, 4.69) is 60.2 Å². The Morgan fingerprint density at radius 3 is 2.82 bits per heavy atom. The fourth-order valence-corrected chi connectivity index (χ4v) is 2.62. The highest BCUT2D eigenvalue weighted by molar-refractivity contribution is 14.0. The molecule has 0 aromatic heterocycles. The van der Waals surface area contributed by atoms with Crippen molar-refractivity contribution in [3.63, 3.8) is 0 Å². The third kappa shape index (κ3) is 5.12. The van der Waals surface area contributed by atoms with Crippen molar-refractivity contribution >= 4 is 29.9 Å². The lowest BCUT2D eigenvalue weighted by Crippen LogP contribution is -2.48. The zero-order valence-corrected chi connectivity index (χ0v) is 16.2. The molecule has 0 aliphatic carbocycles. The molecule has 4 nitrogen and oxygen atoms in total. The Morgan fingerprint density at radius 1 is 1.36 bits per heavy atom. The van der Waals surface area contributed by atoms with Gasteiger partial charge >= 0.3 is 0 Å². The van der Waals surface area contributed by atoms with Crippen LogP contribution in [0.2, 0.25) is 0 Å². The molecule has 22 heavy (non-hydrogen) atoms. The van der Waals surface area contributed by atoms with Crippen molar-refractivity contribution in [1.29, 1.82) is 0 Å². The first-order chi connectivity index (χ1) is 10.3. The Bertz CT molecular complexity index is 479. The molecule has 1 saturated heterocycles. The number of nitrogens with zero attached hydrogens (tertiary/aromatic N) is 2. The summed E-state index contributed by atoms with van der Waals surface area (Å²) in [6.45, 7) is 10.7. The van der Waals surface area contributed by atoms with Crippen LogP contribution in [0.15, 0.2) is 29.3 Å². The minimum absolute atomic E-state index is 0. The smallest absolute Gasteiger partial charge is 0.194 e. The average Bonchev–Trinajstić information content (AvgIpc) is 2.52. The normalized spacial score (nSPS) is 18.8. The Hall–Kier alpha value is -0.820. The molecule has 1 heterocycles. The molecule has 1 aromatic carbocycles. The number of hydrogen-bond acceptors (Lipinski definition) is 2. The standard InChI is InChI=1S/C17H27N3O.HI/c1-4-10-19-17(18-5-2)20-11-12-21-16(13-20)15-9-7-6-8-14(15)3;/h6-9,16H,4-5,10-13H2,1-3H3,(H,18,19);1H. The summed E-state index contributed by atoms with van der Waals surface area (Å²) in [6, 6.07) is 8.47. The molecule has 0 spiro atoms. The van der Waals surface area contributed by atoms with Gasteiger partial charge in [0.2, 0.25) is 0 Å². The number of ether oxygens (including phenoxy) is 1. The van der Waals surface area contributed by atoms with Crippen LogP contribution in [0.25, 0.3) is 0 Å². The highest BCUT2D eigenvalue weighted by atomic mass is 127. The molecule has 1 aliphatic rings. The minimum Gasteiger partial charge on any atom is -0.370 e. The molecular formula is C17H28IN3O. The monoisotopic (exact) mass is 417 g/mol. The van der Waals surface area contributed by atoms with Crippen LogP contribution in [-0.4, -0.2) is 43.6 Å². The first-order valence-corrected chi connectivity index (χ1v) is 7.96. The van der Waals surface area contributed by atoms with Crippen LogP contribution in [0.1, 0.15) is 37.5 Å². The van der Waals surface area contributed by atoms with E-state index in [4.69, 9.17) is 4.74 Å². The first kappa shape index (κ1) is 19.2. The van der Waals surface area contributed by atoms with Crippen LogP contribution in [0, 0.1) is 6.92 Å². The second kappa shape index (κ2) is 10.0. The van der Waals surface area contributed by atoms with Gasteiger partial charge in [-0.25, -0.2) is 0 Å². The lowest BCUT2D eigenvalue weighted by Gasteiger charge is -2.35. The number of nitrogens with one attached hydrogen (secondary N) is 1. The van der Waals surface area contributed by atoms with E-state index in [0.29, 0.717) is 0 Å². The second-order valence-electron chi connectivity index (χ2n) is 5.40. The lowest BCUT2D eigenvalue weighted by molar-refractivity contribution is -0.00832. The number of aliphatic imine (C=N–C) groups is 1. The summed E-state index contributed by atoms with van der Waals surface area (Å²) in [4.78, 5) is 7.00. The number of aryl methyl sites for hydroxylation is 1. The van der Waals surface area contributed by atoms with Gasteiger partial charge in [0.05, 0.1) is 13.2 Å². The summed E-state index contributed by atoms with van der Waals surface area (Å²) >= 11 is 0. The van der Waals surface area contributed by atoms with Crippen molar-refractivity contribution in [2.75, 3.05) is 32.8 Å². The minimum atomic E-state index is 0. The van der Waals surface area contributed by atoms with Gasteiger partial charge in [-0.15, -0.1) is 24.0 Å². The Balaban J connectivity index is 0.00000242. The fraction of sp³-hybridized carbons (Fsp3) is 0.588. The van der Waals surface area contributed by atoms with Crippen molar-refractivity contribution in [3.05, 3.63) is 35.4 Å². The number of guanidine groups is 1. The second-order valence-corrected chi connectivity index (χ2v) is 5.40. The molecule has 2 rings (SSSR count). The summed E-state index contributed by atoms with van der Waals surface area (Å²) in [5, 5.41) is 3.39. The molecule has 1 aliphatic heterocycles. The summed E-state index contributed by atoms with van der Waals surface area (Å²) in [5.41, 5.74) is 2.58. The van der Waals surface area contributed by atoms with Gasteiger partial charge < -0.3 is 15.0 Å². The third-order valence-electron chi connectivity index (χ3n) is 3.72. The van der Waals surface area contributed by atoms with E-state index in [9.17, 15) is 0 Å². The molecule has 5 heteroatoms. The van der Waals surface area contributed by atoms with E-state index in [0.717, 1.165) is 45.2 Å². The van der Waals surface area contributed by atoms with Crippen LogP contribution < -0.4 is 5.32 Å². The van der Waals surface area contributed by atoms with Crippen molar-refractivity contribution in [3.8, 4) is 0 Å². The van der Waals surface area contributed by atoms with Crippen LogP contribution in [-0.2, 0) is 4.74 Å². The molecule has 1 aromatic rings. The Labute approximate surface area is 151 Å². The van der Waals surface area contributed by atoms with Crippen molar-refractivity contribution in [2.45, 2.75) is 33.3 Å². The van der Waals surface area contributed by atoms with E-state index in [1.807, 2.05) is 0 Å². The van der Waals surface area contributed by atoms with Gasteiger partial charge in [0.25, 0.3) is 0 Å². The predicted octanol–water partition coefficient (Wildman–Crippen LogP) is 3.36. The molecular weight excluding hydrogens is 389 g/mol. The number of morpholine rings is 1. The zero-order valence-electron chi connectivity index (χ0n) is 13.8. The largest absolute Gasteiger partial charge is 0.370 e. The molecule has 1 fully saturated rings. The molecule has 0 amide bonds. The van der Waals surface area contributed by atoms with Gasteiger partial charge in [0, 0.05) is 19.6 Å². The van der Waals surface area contributed by atoms with Crippen LogP contribution in [0.3, 0.4) is 0 Å². The van der Waals surface area contributed by atoms with E-state index >= 15 is 0 Å². The Kier molecular flexibility index (Phi) is 8.78. The molecule has 0 radical (unpaired) electrons. The maximum absolute atomic E-state index is 5.98. The maximum Gasteiger partial charge on any atom is 0.194 e. The quantitative estimate of drug-likeness (QED) is 0.464. The van der Waals surface area contributed by atoms with E-state index < -0.39 is 0 Å². The van der Waals surface area contributed by atoms with Gasteiger partial charge in [-0.1, -0.05) is 31.2 Å². The summed E-state index contributed by atoms with van der Waals surface area (Å²) in [5.74, 6) is 1.02. The average molecular weight is 417 g/mol. The first-order valence-electron chi connectivity index (χ1n) is 7.96. The topological polar surface area (TPSA) is 36.9 Å².